The zero-order chi connectivity index (χ0) is 18.1. The van der Waals surface area contributed by atoms with E-state index in [-0.39, 0.29) is 11.5 Å². The average Bonchev–Trinajstić information content (AvgIpc) is 3.21. The monoisotopic (exact) mass is 352 g/mol. The summed E-state index contributed by atoms with van der Waals surface area (Å²) in [6.45, 7) is 2.05. The van der Waals surface area contributed by atoms with Gasteiger partial charge in [0.15, 0.2) is 5.65 Å². The second kappa shape index (κ2) is 6.62. The number of carbonyl (C=O) groups is 1. The van der Waals surface area contributed by atoms with E-state index in [2.05, 4.69) is 20.4 Å². The zero-order valence-corrected chi connectivity index (χ0v) is 14.5. The summed E-state index contributed by atoms with van der Waals surface area (Å²) in [5.74, 6) is 0.647. The number of hydrogen-bond acceptors (Lipinski definition) is 5. The van der Waals surface area contributed by atoms with E-state index < -0.39 is 0 Å². The van der Waals surface area contributed by atoms with Crippen LogP contribution in [0.5, 0.6) is 0 Å². The minimum absolute atomic E-state index is 0.212. The van der Waals surface area contributed by atoms with E-state index >= 15 is 0 Å². The molecule has 0 bridgehead atoms. The van der Waals surface area contributed by atoms with Gasteiger partial charge in [-0.2, -0.15) is 10.1 Å². The molecule has 0 aliphatic carbocycles. The van der Waals surface area contributed by atoms with Crippen molar-refractivity contribution in [1.82, 2.24) is 24.6 Å². The SMILES string of the molecule is Cn1ncc2c(=O)[nH]c(NCc3ccc(CN4CCCC4=O)cc3)nc21. The quantitative estimate of drug-likeness (QED) is 0.723. The first kappa shape index (κ1) is 16.3. The maximum Gasteiger partial charge on any atom is 0.263 e. The van der Waals surface area contributed by atoms with E-state index in [1.54, 1.807) is 11.7 Å². The zero-order valence-electron chi connectivity index (χ0n) is 14.5. The molecule has 2 N–H and O–H groups in total. The number of likely N-dealkylation sites (tertiary alicyclic amines) is 1. The van der Waals surface area contributed by atoms with Gasteiger partial charge in [-0.15, -0.1) is 0 Å². The Labute approximate surface area is 149 Å². The van der Waals surface area contributed by atoms with Gasteiger partial charge in [-0.05, 0) is 17.5 Å². The number of carbonyl (C=O) groups excluding carboxylic acids is 1. The van der Waals surface area contributed by atoms with Crippen LogP contribution in [0.25, 0.3) is 11.0 Å². The number of aryl methyl sites for hydroxylation is 1. The van der Waals surface area contributed by atoms with Crippen LogP contribution in [0.4, 0.5) is 5.95 Å². The van der Waals surface area contributed by atoms with Gasteiger partial charge in [0.1, 0.15) is 5.39 Å². The Morgan fingerprint density at radius 3 is 2.69 bits per heavy atom. The number of H-pyrrole nitrogens is 1. The van der Waals surface area contributed by atoms with E-state index in [1.165, 1.54) is 6.20 Å². The predicted molar refractivity (Wildman–Crippen MR) is 97.5 cm³/mol. The number of fused-ring (bicyclic) bond motifs is 1. The minimum Gasteiger partial charge on any atom is -0.352 e. The van der Waals surface area contributed by atoms with Gasteiger partial charge in [0.2, 0.25) is 11.9 Å². The number of aromatic nitrogens is 4. The molecule has 8 nitrogen and oxygen atoms in total. The first-order chi connectivity index (χ1) is 12.6. The molecular weight excluding hydrogens is 332 g/mol. The average molecular weight is 352 g/mol. The minimum atomic E-state index is -0.212. The Bertz CT molecular complexity index is 1000. The Morgan fingerprint density at radius 1 is 1.19 bits per heavy atom. The van der Waals surface area contributed by atoms with E-state index in [1.807, 2.05) is 29.2 Å². The second-order valence-corrected chi connectivity index (χ2v) is 6.51. The lowest BCUT2D eigenvalue weighted by molar-refractivity contribution is -0.128. The molecular formula is C18H20N6O2. The fourth-order valence-electron chi connectivity index (χ4n) is 3.16. The molecule has 0 saturated carbocycles. The molecule has 1 saturated heterocycles. The summed E-state index contributed by atoms with van der Waals surface area (Å²) < 4.78 is 1.57. The third kappa shape index (κ3) is 3.17. The standard InChI is InChI=1S/C18H20N6O2/c1-23-16-14(10-20-23)17(26)22-18(21-16)19-9-12-4-6-13(7-5-12)11-24-8-2-3-15(24)25/h4-7,10H,2-3,8-9,11H2,1H3,(H2,19,21,22,26). The van der Waals surface area contributed by atoms with E-state index in [9.17, 15) is 9.59 Å². The van der Waals surface area contributed by atoms with Crippen molar-refractivity contribution in [3.05, 3.63) is 51.9 Å². The first-order valence-corrected chi connectivity index (χ1v) is 8.61. The topological polar surface area (TPSA) is 95.9 Å². The Morgan fingerprint density at radius 2 is 1.96 bits per heavy atom. The van der Waals surface area contributed by atoms with Gasteiger partial charge in [0.25, 0.3) is 5.56 Å². The lowest BCUT2D eigenvalue weighted by Gasteiger charge is -2.15. The van der Waals surface area contributed by atoms with Crippen molar-refractivity contribution in [3.8, 4) is 0 Å². The van der Waals surface area contributed by atoms with E-state index in [4.69, 9.17) is 0 Å². The molecule has 0 radical (unpaired) electrons. The highest BCUT2D eigenvalue weighted by Gasteiger charge is 2.19. The molecule has 0 atom stereocenters. The highest BCUT2D eigenvalue weighted by Crippen LogP contribution is 2.15. The number of rotatable bonds is 5. The summed E-state index contributed by atoms with van der Waals surface area (Å²) in [4.78, 5) is 32.8. The molecule has 1 fully saturated rings. The summed E-state index contributed by atoms with van der Waals surface area (Å²) in [7, 11) is 1.75. The van der Waals surface area contributed by atoms with Gasteiger partial charge >= 0.3 is 0 Å². The molecule has 134 valence electrons. The van der Waals surface area contributed by atoms with Gasteiger partial charge in [-0.25, -0.2) is 0 Å². The van der Waals surface area contributed by atoms with Crippen LogP contribution in [0, 0.1) is 0 Å². The fraction of sp³-hybridized carbons (Fsp3) is 0.333. The second-order valence-electron chi connectivity index (χ2n) is 6.51. The highest BCUT2D eigenvalue weighted by molar-refractivity contribution is 5.78. The van der Waals surface area contributed by atoms with Crippen molar-refractivity contribution < 1.29 is 4.79 Å². The van der Waals surface area contributed by atoms with Crippen LogP contribution in [0.3, 0.4) is 0 Å². The number of aromatic amines is 1. The van der Waals surface area contributed by atoms with Crippen LogP contribution in [-0.4, -0.2) is 37.1 Å². The Kier molecular flexibility index (Phi) is 4.16. The number of nitrogens with zero attached hydrogens (tertiary/aromatic N) is 4. The van der Waals surface area contributed by atoms with Crippen LogP contribution < -0.4 is 10.9 Å². The summed E-state index contributed by atoms with van der Waals surface area (Å²) in [6, 6.07) is 8.10. The van der Waals surface area contributed by atoms with Crippen molar-refractivity contribution in [1.29, 1.82) is 0 Å². The van der Waals surface area contributed by atoms with Crippen molar-refractivity contribution >= 4 is 22.9 Å². The predicted octanol–water partition coefficient (Wildman–Crippen LogP) is 1.39. The van der Waals surface area contributed by atoms with Crippen molar-refractivity contribution in [2.75, 3.05) is 11.9 Å². The van der Waals surface area contributed by atoms with E-state index in [0.717, 1.165) is 24.1 Å². The van der Waals surface area contributed by atoms with Crippen LogP contribution in [-0.2, 0) is 24.9 Å². The maximum absolute atomic E-state index is 12.0. The number of anilines is 1. The number of hydrogen-bond donors (Lipinski definition) is 2. The fourth-order valence-corrected chi connectivity index (χ4v) is 3.16. The normalized spacial score (nSPS) is 14.3. The van der Waals surface area contributed by atoms with Crippen molar-refractivity contribution in [3.63, 3.8) is 0 Å². The summed E-state index contributed by atoms with van der Waals surface area (Å²) >= 11 is 0. The van der Waals surface area contributed by atoms with Crippen LogP contribution in [0.1, 0.15) is 24.0 Å². The molecule has 3 heterocycles. The smallest absolute Gasteiger partial charge is 0.263 e. The largest absolute Gasteiger partial charge is 0.352 e. The van der Waals surface area contributed by atoms with Crippen molar-refractivity contribution in [2.24, 2.45) is 7.05 Å². The molecule has 26 heavy (non-hydrogen) atoms. The molecule has 4 rings (SSSR count). The first-order valence-electron chi connectivity index (χ1n) is 8.61. The number of amides is 1. The van der Waals surface area contributed by atoms with Crippen LogP contribution >= 0.6 is 0 Å². The Hall–Kier alpha value is -3.16. The van der Waals surface area contributed by atoms with Gasteiger partial charge < -0.3 is 10.2 Å². The Balaban J connectivity index is 1.42. The van der Waals surface area contributed by atoms with Crippen LogP contribution in [0.2, 0.25) is 0 Å². The van der Waals surface area contributed by atoms with Crippen LogP contribution in [0.15, 0.2) is 35.3 Å². The molecule has 0 unspecified atom stereocenters. The molecule has 0 spiro atoms. The molecule has 1 aliphatic heterocycles. The maximum atomic E-state index is 12.0. The number of benzene rings is 1. The van der Waals surface area contributed by atoms with Gasteiger partial charge in [-0.3, -0.25) is 19.3 Å². The summed E-state index contributed by atoms with van der Waals surface area (Å²) in [6.07, 6.45) is 3.12. The summed E-state index contributed by atoms with van der Waals surface area (Å²) in [5, 5.41) is 7.66. The van der Waals surface area contributed by atoms with E-state index in [0.29, 0.717) is 36.5 Å². The number of nitrogens with one attached hydrogen (secondary N) is 2. The van der Waals surface area contributed by atoms with Gasteiger partial charge in [-0.1, -0.05) is 24.3 Å². The molecule has 1 aliphatic rings. The molecule has 3 aromatic rings. The third-order valence-electron chi connectivity index (χ3n) is 4.63. The molecule has 8 heteroatoms. The molecule has 1 aromatic carbocycles. The summed E-state index contributed by atoms with van der Waals surface area (Å²) in [5.41, 5.74) is 2.51. The molecule has 2 aromatic heterocycles. The van der Waals surface area contributed by atoms with Gasteiger partial charge in [0.05, 0.1) is 6.20 Å². The lowest BCUT2D eigenvalue weighted by atomic mass is 10.1. The van der Waals surface area contributed by atoms with Gasteiger partial charge in [0, 0.05) is 33.1 Å². The third-order valence-corrected chi connectivity index (χ3v) is 4.63. The highest BCUT2D eigenvalue weighted by atomic mass is 16.2. The van der Waals surface area contributed by atoms with Crippen molar-refractivity contribution in [2.45, 2.75) is 25.9 Å². The lowest BCUT2D eigenvalue weighted by Crippen LogP contribution is -2.23. The molecule has 1 amide bonds.